The van der Waals surface area contributed by atoms with Crippen molar-refractivity contribution in [2.45, 2.75) is 40.0 Å². The van der Waals surface area contributed by atoms with E-state index in [4.69, 9.17) is 0 Å². The van der Waals surface area contributed by atoms with Gasteiger partial charge in [-0.1, -0.05) is 36.0 Å². The summed E-state index contributed by atoms with van der Waals surface area (Å²) in [6.45, 7) is 7.30. The van der Waals surface area contributed by atoms with Gasteiger partial charge in [0.1, 0.15) is 0 Å². The maximum atomic E-state index is 3.49. The van der Waals surface area contributed by atoms with Gasteiger partial charge in [-0.15, -0.1) is 0 Å². The topological polar surface area (TPSA) is 12.0 Å². The second-order valence-electron chi connectivity index (χ2n) is 4.06. The fourth-order valence-electron chi connectivity index (χ4n) is 1.70. The zero-order chi connectivity index (χ0) is 11.8. The fourth-order valence-corrected chi connectivity index (χ4v) is 1.70. The van der Waals surface area contributed by atoms with Gasteiger partial charge in [0.2, 0.25) is 0 Å². The van der Waals surface area contributed by atoms with Crippen molar-refractivity contribution < 1.29 is 0 Å². The zero-order valence-electron chi connectivity index (χ0n) is 10.7. The molecule has 1 nitrogen and oxygen atoms in total. The van der Waals surface area contributed by atoms with Crippen molar-refractivity contribution in [3.8, 4) is 0 Å². The molecule has 1 aliphatic rings. The lowest BCUT2D eigenvalue weighted by atomic mass is 10.1. The first-order valence-corrected chi connectivity index (χ1v) is 6.21. The second-order valence-corrected chi connectivity index (χ2v) is 4.06. The quantitative estimate of drug-likeness (QED) is 0.660. The highest BCUT2D eigenvalue weighted by Gasteiger charge is 2.17. The second kappa shape index (κ2) is 7.10. The number of rotatable bonds is 6. The van der Waals surface area contributed by atoms with Gasteiger partial charge < -0.3 is 5.32 Å². The molecule has 0 aromatic carbocycles. The van der Waals surface area contributed by atoms with Crippen LogP contribution in [0, 0.1) is 0 Å². The van der Waals surface area contributed by atoms with E-state index in [-0.39, 0.29) is 0 Å². The molecule has 0 bridgehead atoms. The molecule has 0 radical (unpaired) electrons. The van der Waals surface area contributed by atoms with Crippen molar-refractivity contribution in [3.63, 3.8) is 0 Å². The van der Waals surface area contributed by atoms with Crippen LogP contribution in [0.4, 0.5) is 0 Å². The van der Waals surface area contributed by atoms with E-state index in [1.165, 1.54) is 24.1 Å². The number of hydrogen-bond donors (Lipinski definition) is 1. The van der Waals surface area contributed by atoms with Crippen molar-refractivity contribution in [2.24, 2.45) is 0 Å². The van der Waals surface area contributed by atoms with Crippen molar-refractivity contribution in [1.29, 1.82) is 0 Å². The predicted octanol–water partition coefficient (Wildman–Crippen LogP) is 4.11. The summed E-state index contributed by atoms with van der Waals surface area (Å²) >= 11 is 0. The highest BCUT2D eigenvalue weighted by atomic mass is 14.9. The third-order valence-corrected chi connectivity index (χ3v) is 2.58. The van der Waals surface area contributed by atoms with Crippen LogP contribution in [-0.4, -0.2) is 6.54 Å². The average Bonchev–Trinajstić information content (AvgIpc) is 3.09. The van der Waals surface area contributed by atoms with E-state index in [1.54, 1.807) is 5.57 Å². The fraction of sp³-hybridized carbons (Fsp3) is 0.467. The Labute approximate surface area is 99.6 Å². The molecule has 1 saturated carbocycles. The summed E-state index contributed by atoms with van der Waals surface area (Å²) in [6, 6.07) is 0. The van der Waals surface area contributed by atoms with Crippen molar-refractivity contribution in [2.75, 3.05) is 6.54 Å². The van der Waals surface area contributed by atoms with E-state index in [1.807, 2.05) is 6.92 Å². The van der Waals surface area contributed by atoms with Gasteiger partial charge in [0.15, 0.2) is 0 Å². The smallest absolute Gasteiger partial charge is 0.0143 e. The van der Waals surface area contributed by atoms with Crippen LogP contribution in [0.2, 0.25) is 0 Å². The molecule has 16 heavy (non-hydrogen) atoms. The molecule has 88 valence electrons. The number of nitrogens with one attached hydrogen (secondary N) is 1. The number of allylic oxidation sites excluding steroid dienone is 7. The van der Waals surface area contributed by atoms with Gasteiger partial charge in [0.25, 0.3) is 0 Å². The van der Waals surface area contributed by atoms with Crippen LogP contribution < -0.4 is 5.32 Å². The first kappa shape index (κ1) is 12.8. The molecule has 1 N–H and O–H groups in total. The SMILES string of the molecule is C\C=C/C=C(\C=C\C)CC(NCC)=C1CC1. The van der Waals surface area contributed by atoms with Gasteiger partial charge in [-0.2, -0.15) is 0 Å². The lowest BCUT2D eigenvalue weighted by molar-refractivity contribution is 0.814. The van der Waals surface area contributed by atoms with Crippen LogP contribution in [0.1, 0.15) is 40.0 Å². The molecule has 0 aromatic rings. The summed E-state index contributed by atoms with van der Waals surface area (Å²) in [5, 5.41) is 3.49. The van der Waals surface area contributed by atoms with Crippen LogP contribution in [0.25, 0.3) is 0 Å². The third kappa shape index (κ3) is 4.52. The lowest BCUT2D eigenvalue weighted by Crippen LogP contribution is -2.12. The normalized spacial score (nSPS) is 16.2. The molecule has 0 saturated heterocycles. The lowest BCUT2D eigenvalue weighted by Gasteiger charge is -2.09. The van der Waals surface area contributed by atoms with Gasteiger partial charge >= 0.3 is 0 Å². The summed E-state index contributed by atoms with van der Waals surface area (Å²) in [5.41, 5.74) is 4.42. The van der Waals surface area contributed by atoms with E-state index in [9.17, 15) is 0 Å². The predicted molar refractivity (Wildman–Crippen MR) is 72.3 cm³/mol. The minimum absolute atomic E-state index is 1.02. The molecular weight excluding hydrogens is 194 g/mol. The summed E-state index contributed by atoms with van der Waals surface area (Å²) < 4.78 is 0. The molecule has 0 amide bonds. The molecule has 1 aliphatic carbocycles. The standard InChI is InChI=1S/C15H23N/c1-4-7-9-13(8-5-2)12-15(16-6-3)14-10-11-14/h4-5,7-9,16H,6,10-12H2,1-3H3/b7-4-,8-5+,13-9+. The Bertz CT molecular complexity index is 323. The van der Waals surface area contributed by atoms with Crippen LogP contribution >= 0.6 is 0 Å². The largest absolute Gasteiger partial charge is 0.388 e. The Hall–Kier alpha value is -1.24. The minimum atomic E-state index is 1.02. The van der Waals surface area contributed by atoms with Crippen LogP contribution in [0.5, 0.6) is 0 Å². The third-order valence-electron chi connectivity index (χ3n) is 2.58. The molecule has 0 spiro atoms. The van der Waals surface area contributed by atoms with Crippen molar-refractivity contribution >= 4 is 0 Å². The summed E-state index contributed by atoms with van der Waals surface area (Å²) in [4.78, 5) is 0. The van der Waals surface area contributed by atoms with E-state index >= 15 is 0 Å². The monoisotopic (exact) mass is 217 g/mol. The first-order valence-electron chi connectivity index (χ1n) is 6.21. The maximum Gasteiger partial charge on any atom is 0.0143 e. The van der Waals surface area contributed by atoms with Crippen LogP contribution in [-0.2, 0) is 0 Å². The minimum Gasteiger partial charge on any atom is -0.388 e. The summed E-state index contributed by atoms with van der Waals surface area (Å²) in [5.74, 6) is 0. The Kier molecular flexibility index (Phi) is 5.69. The van der Waals surface area contributed by atoms with Crippen molar-refractivity contribution in [3.05, 3.63) is 47.2 Å². The molecule has 1 rings (SSSR count). The highest BCUT2D eigenvalue weighted by molar-refractivity contribution is 5.33. The Morgan fingerprint density at radius 2 is 2.00 bits per heavy atom. The molecule has 1 fully saturated rings. The molecule has 0 aliphatic heterocycles. The highest BCUT2D eigenvalue weighted by Crippen LogP contribution is 2.33. The van der Waals surface area contributed by atoms with Gasteiger partial charge in [-0.3, -0.25) is 0 Å². The first-order chi connectivity index (χ1) is 7.81. The van der Waals surface area contributed by atoms with E-state index < -0.39 is 0 Å². The molecular formula is C15H23N. The Morgan fingerprint density at radius 3 is 2.50 bits per heavy atom. The molecule has 0 unspecified atom stereocenters. The summed E-state index contributed by atoms with van der Waals surface area (Å²) in [6.07, 6.45) is 14.3. The zero-order valence-corrected chi connectivity index (χ0v) is 10.7. The molecule has 0 aromatic heterocycles. The van der Waals surface area contributed by atoms with Crippen molar-refractivity contribution in [1.82, 2.24) is 5.32 Å². The number of hydrogen-bond acceptors (Lipinski definition) is 1. The van der Waals surface area contributed by atoms with E-state index in [2.05, 4.69) is 49.5 Å². The van der Waals surface area contributed by atoms with Gasteiger partial charge in [-0.25, -0.2) is 0 Å². The molecule has 1 heteroatoms. The average molecular weight is 217 g/mol. The Morgan fingerprint density at radius 1 is 1.25 bits per heavy atom. The van der Waals surface area contributed by atoms with Crippen LogP contribution in [0.15, 0.2) is 47.2 Å². The van der Waals surface area contributed by atoms with Gasteiger partial charge in [0, 0.05) is 18.7 Å². The van der Waals surface area contributed by atoms with Gasteiger partial charge in [0.05, 0.1) is 0 Å². The van der Waals surface area contributed by atoms with Gasteiger partial charge in [-0.05, 0) is 39.2 Å². The van der Waals surface area contributed by atoms with E-state index in [0.29, 0.717) is 0 Å². The summed E-state index contributed by atoms with van der Waals surface area (Å²) in [7, 11) is 0. The van der Waals surface area contributed by atoms with Crippen LogP contribution in [0.3, 0.4) is 0 Å². The molecule has 0 heterocycles. The Balaban J connectivity index is 2.70. The molecule has 0 atom stereocenters. The van der Waals surface area contributed by atoms with E-state index in [0.717, 1.165) is 13.0 Å². The maximum absolute atomic E-state index is 3.49.